The van der Waals surface area contributed by atoms with Crippen molar-refractivity contribution in [2.75, 3.05) is 0 Å². The third-order valence-electron chi connectivity index (χ3n) is 2.36. The van der Waals surface area contributed by atoms with Crippen molar-refractivity contribution in [1.82, 2.24) is 0 Å². The molecule has 2 N–H and O–H groups in total. The van der Waals surface area contributed by atoms with Crippen LogP contribution in [0, 0.1) is 0 Å². The van der Waals surface area contributed by atoms with Crippen LogP contribution < -0.4 is 0 Å². The topological polar surface area (TPSA) is 83.0 Å². The van der Waals surface area contributed by atoms with Gasteiger partial charge < -0.3 is 14.7 Å². The van der Waals surface area contributed by atoms with E-state index in [1.807, 2.05) is 0 Å². The highest BCUT2D eigenvalue weighted by Gasteiger charge is 2.17. The second kappa shape index (κ2) is 6.96. The van der Waals surface area contributed by atoms with Gasteiger partial charge in [0.05, 0.1) is 17.4 Å². The highest BCUT2D eigenvalue weighted by molar-refractivity contribution is 6.32. The molecule has 2 rings (SSSR count). The molecule has 17 heavy (non-hydrogen) atoms. The van der Waals surface area contributed by atoms with E-state index in [2.05, 4.69) is 9.57 Å². The molecule has 1 heterocycles. The van der Waals surface area contributed by atoms with Gasteiger partial charge in [-0.1, -0.05) is 11.6 Å². The van der Waals surface area contributed by atoms with Crippen molar-refractivity contribution in [3.05, 3.63) is 24.2 Å². The highest BCUT2D eigenvalue weighted by atomic mass is 35.5. The average Bonchev–Trinajstić information content (AvgIpc) is 2.84. The summed E-state index contributed by atoms with van der Waals surface area (Å²) in [5.74, 6) is -1.06. The normalized spacial score (nSPS) is 21.7. The summed E-state index contributed by atoms with van der Waals surface area (Å²) in [4.78, 5) is 9.97. The smallest absolute Gasteiger partial charge is 0.371 e. The summed E-state index contributed by atoms with van der Waals surface area (Å²) in [6.07, 6.45) is 5.42. The van der Waals surface area contributed by atoms with E-state index in [-0.39, 0.29) is 11.1 Å². The Morgan fingerprint density at radius 3 is 2.65 bits per heavy atom. The molecule has 1 saturated carbocycles. The van der Waals surface area contributed by atoms with Crippen LogP contribution in [-0.4, -0.2) is 27.4 Å². The number of hydrogen-bond acceptors (Lipinski definition) is 4. The molecule has 94 valence electrons. The quantitative estimate of drug-likeness (QED) is 0.461. The first kappa shape index (κ1) is 13.6. The Morgan fingerprint density at radius 1 is 1.53 bits per heavy atom. The molecule has 0 radical (unpaired) electrons. The lowest BCUT2D eigenvalue weighted by molar-refractivity contribution is 0.0662. The first-order valence-corrected chi connectivity index (χ1v) is 5.70. The first-order valence-electron chi connectivity index (χ1n) is 5.27. The van der Waals surface area contributed by atoms with Crippen molar-refractivity contribution in [3.63, 3.8) is 0 Å². The van der Waals surface area contributed by atoms with Crippen molar-refractivity contribution < 1.29 is 19.5 Å². The number of carbonyl (C=O) groups is 1. The van der Waals surface area contributed by atoms with Crippen LogP contribution in [0.15, 0.2) is 28.0 Å². The molecule has 1 aromatic rings. The predicted molar refractivity (Wildman–Crippen MR) is 63.0 cm³/mol. The Balaban J connectivity index is 0.000000171. The van der Waals surface area contributed by atoms with E-state index in [9.17, 15) is 4.79 Å². The Labute approximate surface area is 104 Å². The summed E-state index contributed by atoms with van der Waals surface area (Å²) in [6, 6.07) is 2.92. The standard InChI is InChI=1S/C6H10ClNO.C5H4O3/c7-5-3-1-2-4-6(5)8-9;6-5(7)4-2-1-3-8-4/h5,9H,1-4H2;1-3H,(H,6,7)/b8-6-;. The summed E-state index contributed by atoms with van der Waals surface area (Å²) in [5.41, 5.74) is 0.753. The number of halogens is 1. The number of rotatable bonds is 1. The van der Waals surface area contributed by atoms with E-state index in [1.165, 1.54) is 18.4 Å². The molecular weight excluding hydrogens is 246 g/mol. The van der Waals surface area contributed by atoms with Crippen LogP contribution in [0.1, 0.15) is 36.2 Å². The van der Waals surface area contributed by atoms with Crippen LogP contribution in [0.2, 0.25) is 0 Å². The summed E-state index contributed by atoms with van der Waals surface area (Å²) in [7, 11) is 0. The molecule has 0 aromatic carbocycles. The van der Waals surface area contributed by atoms with Gasteiger partial charge >= 0.3 is 5.97 Å². The monoisotopic (exact) mass is 259 g/mol. The van der Waals surface area contributed by atoms with Crippen LogP contribution in [0.3, 0.4) is 0 Å². The minimum atomic E-state index is -1.03. The third-order valence-corrected chi connectivity index (χ3v) is 2.83. The Hall–Kier alpha value is -1.49. The maximum absolute atomic E-state index is 9.97. The van der Waals surface area contributed by atoms with Crippen molar-refractivity contribution in [3.8, 4) is 0 Å². The molecule has 0 saturated heterocycles. The molecule has 0 spiro atoms. The molecule has 1 aromatic heterocycles. The van der Waals surface area contributed by atoms with Crippen LogP contribution in [0.4, 0.5) is 0 Å². The molecule has 1 fully saturated rings. The average molecular weight is 260 g/mol. The Bertz CT molecular complexity index is 375. The number of carboxylic acids is 1. The van der Waals surface area contributed by atoms with Crippen molar-refractivity contribution in [2.45, 2.75) is 31.1 Å². The summed E-state index contributed by atoms with van der Waals surface area (Å²) in [5, 5.41) is 19.6. The van der Waals surface area contributed by atoms with Gasteiger partial charge in [0, 0.05) is 0 Å². The molecule has 0 aliphatic heterocycles. The van der Waals surface area contributed by atoms with Gasteiger partial charge in [-0.2, -0.15) is 0 Å². The van der Waals surface area contributed by atoms with Gasteiger partial charge in [-0.25, -0.2) is 4.79 Å². The fourth-order valence-electron chi connectivity index (χ4n) is 1.47. The number of hydrogen-bond donors (Lipinski definition) is 2. The molecule has 1 atom stereocenters. The highest BCUT2D eigenvalue weighted by Crippen LogP contribution is 2.19. The van der Waals surface area contributed by atoms with E-state index < -0.39 is 5.97 Å². The lowest BCUT2D eigenvalue weighted by Crippen LogP contribution is -2.18. The molecule has 1 unspecified atom stereocenters. The van der Waals surface area contributed by atoms with Crippen LogP contribution in [-0.2, 0) is 0 Å². The number of nitrogens with zero attached hydrogens (tertiary/aromatic N) is 1. The molecule has 5 nitrogen and oxygen atoms in total. The third kappa shape index (κ3) is 4.48. The van der Waals surface area contributed by atoms with E-state index in [4.69, 9.17) is 21.9 Å². The van der Waals surface area contributed by atoms with E-state index in [0.717, 1.165) is 31.4 Å². The molecule has 0 bridgehead atoms. The van der Waals surface area contributed by atoms with Crippen molar-refractivity contribution in [2.24, 2.45) is 5.16 Å². The number of aromatic carboxylic acids is 1. The number of carboxylic acid groups (broad SMARTS) is 1. The molecule has 1 aliphatic carbocycles. The largest absolute Gasteiger partial charge is 0.475 e. The zero-order valence-corrected chi connectivity index (χ0v) is 9.93. The zero-order valence-electron chi connectivity index (χ0n) is 9.17. The van der Waals surface area contributed by atoms with Gasteiger partial charge in [0.2, 0.25) is 5.76 Å². The second-order valence-corrected chi connectivity index (χ2v) is 4.11. The van der Waals surface area contributed by atoms with Gasteiger partial charge in [0.1, 0.15) is 0 Å². The zero-order chi connectivity index (χ0) is 12.7. The predicted octanol–water partition coefficient (Wildman–Crippen LogP) is 2.98. The maximum Gasteiger partial charge on any atom is 0.371 e. The van der Waals surface area contributed by atoms with E-state index in [0.29, 0.717) is 0 Å². The fourth-order valence-corrected chi connectivity index (χ4v) is 1.77. The molecule has 1 aliphatic rings. The van der Waals surface area contributed by atoms with Crippen molar-refractivity contribution in [1.29, 1.82) is 0 Å². The number of oxime groups is 1. The minimum Gasteiger partial charge on any atom is -0.475 e. The number of alkyl halides is 1. The summed E-state index contributed by atoms with van der Waals surface area (Å²) < 4.78 is 4.50. The van der Waals surface area contributed by atoms with Gasteiger partial charge in [-0.15, -0.1) is 11.6 Å². The van der Waals surface area contributed by atoms with Crippen LogP contribution in [0.5, 0.6) is 0 Å². The maximum atomic E-state index is 9.97. The Morgan fingerprint density at radius 2 is 2.29 bits per heavy atom. The molecule has 6 heteroatoms. The summed E-state index contributed by atoms with van der Waals surface area (Å²) in [6.45, 7) is 0. The van der Waals surface area contributed by atoms with Gasteiger partial charge in [-0.05, 0) is 31.4 Å². The van der Waals surface area contributed by atoms with E-state index >= 15 is 0 Å². The lowest BCUT2D eigenvalue weighted by atomic mass is 9.98. The minimum absolute atomic E-state index is 0.0104. The van der Waals surface area contributed by atoms with Gasteiger partial charge in [0.25, 0.3) is 0 Å². The van der Waals surface area contributed by atoms with Gasteiger partial charge in [0.15, 0.2) is 0 Å². The van der Waals surface area contributed by atoms with Crippen molar-refractivity contribution >= 4 is 23.3 Å². The van der Waals surface area contributed by atoms with Crippen LogP contribution in [0.25, 0.3) is 0 Å². The van der Waals surface area contributed by atoms with Gasteiger partial charge in [-0.3, -0.25) is 0 Å². The fraction of sp³-hybridized carbons (Fsp3) is 0.455. The SMILES string of the molecule is O/N=C1/CCCCC1Cl.O=C(O)c1ccco1. The second-order valence-electron chi connectivity index (χ2n) is 3.59. The molecule has 0 amide bonds. The Kier molecular flexibility index (Phi) is 5.56. The first-order chi connectivity index (χ1) is 8.15. The number of furan rings is 1. The van der Waals surface area contributed by atoms with E-state index in [1.54, 1.807) is 0 Å². The summed E-state index contributed by atoms with van der Waals surface area (Å²) >= 11 is 5.79. The lowest BCUT2D eigenvalue weighted by Gasteiger charge is -2.15. The molecular formula is C11H14ClNO4. The van der Waals surface area contributed by atoms with Crippen LogP contribution >= 0.6 is 11.6 Å².